The molecule has 2 rings (SSSR count). The van der Waals surface area contributed by atoms with Gasteiger partial charge in [0.15, 0.2) is 0 Å². The molecule has 2 unspecified atom stereocenters. The van der Waals surface area contributed by atoms with E-state index in [2.05, 4.69) is 27.8 Å². The smallest absolute Gasteiger partial charge is 0.262 e. The van der Waals surface area contributed by atoms with Gasteiger partial charge in [-0.2, -0.15) is 0 Å². The lowest BCUT2D eigenvalue weighted by atomic mass is 9.90. The summed E-state index contributed by atoms with van der Waals surface area (Å²) >= 11 is 3.14. The summed E-state index contributed by atoms with van der Waals surface area (Å²) in [4.78, 5) is 28.2. The molecule has 1 saturated heterocycles. The Morgan fingerprint density at radius 2 is 2.30 bits per heavy atom. The van der Waals surface area contributed by atoms with E-state index < -0.39 is 0 Å². The maximum atomic E-state index is 12.5. The van der Waals surface area contributed by atoms with Crippen LogP contribution in [0.1, 0.15) is 30.1 Å². The van der Waals surface area contributed by atoms with Crippen LogP contribution in [0.2, 0.25) is 0 Å². The molecule has 0 saturated carbocycles. The molecule has 2 atom stereocenters. The summed E-state index contributed by atoms with van der Waals surface area (Å²) in [5, 5.41) is 0. The van der Waals surface area contributed by atoms with Crippen molar-refractivity contribution in [3.63, 3.8) is 0 Å². The molecule has 5 nitrogen and oxygen atoms in total. The molecular formula is C13H19BrClN3O2. The number of hydrogen-bond donors (Lipinski definition) is 2. The number of carbonyl (C=O) groups is 1. The Morgan fingerprint density at radius 1 is 1.60 bits per heavy atom. The number of halogens is 2. The van der Waals surface area contributed by atoms with Crippen LogP contribution >= 0.6 is 28.3 Å². The molecule has 1 aliphatic rings. The predicted molar refractivity (Wildman–Crippen MR) is 84.3 cm³/mol. The minimum absolute atomic E-state index is 0. The lowest BCUT2D eigenvalue weighted by Crippen LogP contribution is -2.51. The number of piperidine rings is 1. The lowest BCUT2D eigenvalue weighted by molar-refractivity contribution is 0.0532. The van der Waals surface area contributed by atoms with Crippen LogP contribution in [-0.4, -0.2) is 34.9 Å². The summed E-state index contributed by atoms with van der Waals surface area (Å²) in [6.07, 6.45) is 3.55. The number of nitrogens with one attached hydrogen (secondary N) is 1. The molecule has 2 heterocycles. The van der Waals surface area contributed by atoms with E-state index in [4.69, 9.17) is 5.73 Å². The molecule has 0 bridgehead atoms. The van der Waals surface area contributed by atoms with Crippen LogP contribution in [0.25, 0.3) is 0 Å². The summed E-state index contributed by atoms with van der Waals surface area (Å²) < 4.78 is 0.368. The van der Waals surface area contributed by atoms with E-state index in [9.17, 15) is 9.59 Å². The largest absolute Gasteiger partial charge is 0.334 e. The SMILES string of the molecule is CC1CCCN(C(=O)c2c[nH]c(=O)c(Br)c2)C1CN.Cl. The third kappa shape index (κ3) is 3.42. The van der Waals surface area contributed by atoms with Crippen molar-refractivity contribution in [2.45, 2.75) is 25.8 Å². The van der Waals surface area contributed by atoms with E-state index in [1.54, 1.807) is 6.07 Å². The van der Waals surface area contributed by atoms with Crippen LogP contribution in [0.4, 0.5) is 0 Å². The van der Waals surface area contributed by atoms with Crippen LogP contribution in [0.3, 0.4) is 0 Å². The van der Waals surface area contributed by atoms with Gasteiger partial charge in [0.25, 0.3) is 11.5 Å². The number of amides is 1. The number of nitrogens with two attached hydrogens (primary N) is 1. The maximum Gasteiger partial charge on any atom is 0.262 e. The van der Waals surface area contributed by atoms with Crippen molar-refractivity contribution in [1.29, 1.82) is 0 Å². The van der Waals surface area contributed by atoms with Gasteiger partial charge in [0.2, 0.25) is 0 Å². The number of hydrogen-bond acceptors (Lipinski definition) is 3. The van der Waals surface area contributed by atoms with Gasteiger partial charge in [0, 0.05) is 25.3 Å². The van der Waals surface area contributed by atoms with Crippen molar-refractivity contribution in [3.8, 4) is 0 Å². The number of aromatic nitrogens is 1. The van der Waals surface area contributed by atoms with E-state index in [0.29, 0.717) is 22.5 Å². The van der Waals surface area contributed by atoms with Gasteiger partial charge < -0.3 is 15.6 Å². The molecule has 1 aliphatic heterocycles. The Bertz CT molecular complexity index is 535. The van der Waals surface area contributed by atoms with Crippen molar-refractivity contribution in [2.75, 3.05) is 13.1 Å². The van der Waals surface area contributed by atoms with E-state index in [1.807, 2.05) is 4.90 Å². The molecule has 0 radical (unpaired) electrons. The fourth-order valence-corrected chi connectivity index (χ4v) is 2.97. The number of rotatable bonds is 2. The van der Waals surface area contributed by atoms with Gasteiger partial charge in [-0.25, -0.2) is 0 Å². The van der Waals surface area contributed by atoms with E-state index in [-0.39, 0.29) is 29.9 Å². The Hall–Kier alpha value is -0.850. The zero-order valence-corrected chi connectivity index (χ0v) is 13.7. The number of H-pyrrole nitrogens is 1. The summed E-state index contributed by atoms with van der Waals surface area (Å²) in [6, 6.07) is 1.64. The molecule has 0 aromatic carbocycles. The second-order valence-corrected chi connectivity index (χ2v) is 5.84. The van der Waals surface area contributed by atoms with Crippen molar-refractivity contribution >= 4 is 34.2 Å². The Balaban J connectivity index is 0.00000200. The first kappa shape index (κ1) is 17.2. The second kappa shape index (κ2) is 7.24. The minimum Gasteiger partial charge on any atom is -0.334 e. The topological polar surface area (TPSA) is 79.2 Å². The number of nitrogens with zero attached hydrogens (tertiary/aromatic N) is 1. The van der Waals surface area contributed by atoms with Crippen LogP contribution in [0.15, 0.2) is 21.5 Å². The van der Waals surface area contributed by atoms with Gasteiger partial charge in [0.05, 0.1) is 10.0 Å². The molecule has 20 heavy (non-hydrogen) atoms. The average molecular weight is 365 g/mol. The van der Waals surface area contributed by atoms with Gasteiger partial charge >= 0.3 is 0 Å². The zero-order valence-electron chi connectivity index (χ0n) is 11.3. The highest BCUT2D eigenvalue weighted by Crippen LogP contribution is 2.24. The Labute approximate surface area is 132 Å². The normalized spacial score (nSPS) is 22.2. The molecule has 112 valence electrons. The van der Waals surface area contributed by atoms with Gasteiger partial charge in [-0.05, 0) is 40.8 Å². The second-order valence-electron chi connectivity index (χ2n) is 4.99. The van der Waals surface area contributed by atoms with Gasteiger partial charge in [-0.15, -0.1) is 12.4 Å². The number of pyridine rings is 1. The van der Waals surface area contributed by atoms with Crippen molar-refractivity contribution in [3.05, 3.63) is 32.7 Å². The van der Waals surface area contributed by atoms with Crippen LogP contribution in [-0.2, 0) is 0 Å². The number of likely N-dealkylation sites (tertiary alicyclic amines) is 1. The lowest BCUT2D eigenvalue weighted by Gasteiger charge is -2.39. The van der Waals surface area contributed by atoms with E-state index >= 15 is 0 Å². The average Bonchev–Trinajstić information content (AvgIpc) is 2.40. The Morgan fingerprint density at radius 3 is 2.90 bits per heavy atom. The summed E-state index contributed by atoms with van der Waals surface area (Å²) in [7, 11) is 0. The zero-order chi connectivity index (χ0) is 14.0. The van der Waals surface area contributed by atoms with Gasteiger partial charge in [-0.3, -0.25) is 9.59 Å². The first-order chi connectivity index (χ1) is 9.04. The van der Waals surface area contributed by atoms with Gasteiger partial charge in [-0.1, -0.05) is 6.92 Å². The molecule has 1 aromatic heterocycles. The molecule has 3 N–H and O–H groups in total. The molecule has 7 heteroatoms. The fourth-order valence-electron chi connectivity index (χ4n) is 2.61. The highest BCUT2D eigenvalue weighted by Gasteiger charge is 2.31. The monoisotopic (exact) mass is 363 g/mol. The van der Waals surface area contributed by atoms with Crippen LogP contribution < -0.4 is 11.3 Å². The highest BCUT2D eigenvalue weighted by atomic mass is 79.9. The minimum atomic E-state index is -0.237. The van der Waals surface area contributed by atoms with E-state index in [0.717, 1.165) is 19.4 Å². The molecular weight excluding hydrogens is 346 g/mol. The molecule has 0 aliphatic carbocycles. The summed E-state index contributed by atoms with van der Waals surface area (Å²) in [5.74, 6) is 0.341. The molecule has 1 amide bonds. The standard InChI is InChI=1S/C13H18BrN3O2.ClH/c1-8-3-2-4-17(11(8)6-15)13(19)9-5-10(14)12(18)16-7-9;/h5,7-8,11H,2-4,6,15H2,1H3,(H,16,18);1H. The van der Waals surface area contributed by atoms with Crippen molar-refractivity contribution in [1.82, 2.24) is 9.88 Å². The van der Waals surface area contributed by atoms with Crippen molar-refractivity contribution < 1.29 is 4.79 Å². The fraction of sp³-hybridized carbons (Fsp3) is 0.538. The highest BCUT2D eigenvalue weighted by molar-refractivity contribution is 9.10. The first-order valence-corrected chi connectivity index (χ1v) is 7.23. The van der Waals surface area contributed by atoms with Crippen molar-refractivity contribution in [2.24, 2.45) is 11.7 Å². The molecule has 0 spiro atoms. The van der Waals surface area contributed by atoms with Gasteiger partial charge in [0.1, 0.15) is 0 Å². The Kier molecular flexibility index (Phi) is 6.23. The quantitative estimate of drug-likeness (QED) is 0.839. The van der Waals surface area contributed by atoms with Crippen LogP contribution in [0, 0.1) is 5.92 Å². The number of carbonyl (C=O) groups excluding carboxylic acids is 1. The van der Waals surface area contributed by atoms with Crippen LogP contribution in [0.5, 0.6) is 0 Å². The summed E-state index contributed by atoms with van der Waals surface area (Å²) in [6.45, 7) is 3.32. The van der Waals surface area contributed by atoms with E-state index in [1.165, 1.54) is 6.20 Å². The predicted octanol–water partition coefficient (Wildman–Crippen LogP) is 1.76. The molecule has 1 aromatic rings. The summed E-state index contributed by atoms with van der Waals surface area (Å²) in [5.41, 5.74) is 6.04. The third-order valence-corrected chi connectivity index (χ3v) is 4.31. The molecule has 1 fully saturated rings. The number of aromatic amines is 1. The first-order valence-electron chi connectivity index (χ1n) is 6.44. The maximum absolute atomic E-state index is 12.5. The third-order valence-electron chi connectivity index (χ3n) is 3.72.